The van der Waals surface area contributed by atoms with Gasteiger partial charge in [0.05, 0.1) is 12.8 Å². The fourth-order valence-corrected chi connectivity index (χ4v) is 2.66. The summed E-state index contributed by atoms with van der Waals surface area (Å²) in [7, 11) is 1.53. The molecule has 2 N–H and O–H groups in total. The number of amides is 1. The predicted octanol–water partition coefficient (Wildman–Crippen LogP) is 5.05. The summed E-state index contributed by atoms with van der Waals surface area (Å²) in [5, 5.41) is 6.55. The molecule has 0 aliphatic carbocycles. The number of carbonyl (C=O) groups is 1. The van der Waals surface area contributed by atoms with E-state index in [0.29, 0.717) is 16.5 Å². The van der Waals surface area contributed by atoms with Crippen molar-refractivity contribution in [3.05, 3.63) is 77.1 Å². The second-order valence-electron chi connectivity index (χ2n) is 5.72. The van der Waals surface area contributed by atoms with Gasteiger partial charge < -0.3 is 15.4 Å². The van der Waals surface area contributed by atoms with Gasteiger partial charge in [-0.15, -0.1) is 0 Å². The van der Waals surface area contributed by atoms with Gasteiger partial charge in [-0.25, -0.2) is 0 Å². The molecule has 2 aromatic carbocycles. The fraction of sp³-hybridized carbons (Fsp3) is 0.100. The molecule has 132 valence electrons. The van der Waals surface area contributed by atoms with Crippen LogP contribution in [-0.2, 0) is 0 Å². The number of methoxy groups -OCH3 is 1. The first kappa shape index (κ1) is 17.8. The molecule has 0 spiro atoms. The highest BCUT2D eigenvalue weighted by Crippen LogP contribution is 2.28. The zero-order valence-corrected chi connectivity index (χ0v) is 15.2. The van der Waals surface area contributed by atoms with Gasteiger partial charge >= 0.3 is 0 Å². The third kappa shape index (κ3) is 4.32. The number of anilines is 3. The van der Waals surface area contributed by atoms with Crippen LogP contribution in [0.3, 0.4) is 0 Å². The number of rotatable bonds is 5. The second kappa shape index (κ2) is 7.89. The van der Waals surface area contributed by atoms with Crippen molar-refractivity contribution in [2.75, 3.05) is 17.7 Å². The maximum atomic E-state index is 12.6. The monoisotopic (exact) mass is 367 g/mol. The summed E-state index contributed by atoms with van der Waals surface area (Å²) in [6, 6.07) is 16.5. The lowest BCUT2D eigenvalue weighted by molar-refractivity contribution is 0.102. The number of hydrogen-bond acceptors (Lipinski definition) is 4. The molecule has 5 nitrogen and oxygen atoms in total. The van der Waals surface area contributed by atoms with Crippen molar-refractivity contribution in [2.24, 2.45) is 0 Å². The average molecular weight is 368 g/mol. The average Bonchev–Trinajstić information content (AvgIpc) is 2.62. The molecule has 0 aliphatic heterocycles. The van der Waals surface area contributed by atoms with Crippen molar-refractivity contribution < 1.29 is 9.53 Å². The van der Waals surface area contributed by atoms with Gasteiger partial charge in [-0.3, -0.25) is 9.78 Å². The van der Waals surface area contributed by atoms with Crippen LogP contribution >= 0.6 is 11.6 Å². The summed E-state index contributed by atoms with van der Waals surface area (Å²) in [6.07, 6.45) is 1.59. The van der Waals surface area contributed by atoms with E-state index in [2.05, 4.69) is 15.6 Å². The van der Waals surface area contributed by atoms with E-state index in [4.69, 9.17) is 16.3 Å². The van der Waals surface area contributed by atoms with Crippen LogP contribution in [0.1, 0.15) is 16.1 Å². The van der Waals surface area contributed by atoms with Crippen LogP contribution in [0.25, 0.3) is 0 Å². The van der Waals surface area contributed by atoms with Crippen LogP contribution in [0.15, 0.2) is 60.8 Å². The Balaban J connectivity index is 1.79. The summed E-state index contributed by atoms with van der Waals surface area (Å²) in [4.78, 5) is 16.7. The molecule has 3 rings (SSSR count). The molecule has 6 heteroatoms. The van der Waals surface area contributed by atoms with Gasteiger partial charge in [0.2, 0.25) is 0 Å². The molecule has 0 bridgehead atoms. The van der Waals surface area contributed by atoms with Crippen molar-refractivity contribution in [1.82, 2.24) is 4.98 Å². The lowest BCUT2D eigenvalue weighted by Crippen LogP contribution is -2.14. The summed E-state index contributed by atoms with van der Waals surface area (Å²) < 4.78 is 5.24. The smallest absolute Gasteiger partial charge is 0.274 e. The van der Waals surface area contributed by atoms with Crippen LogP contribution in [0.4, 0.5) is 17.1 Å². The molecule has 3 aromatic rings. The van der Waals surface area contributed by atoms with Gasteiger partial charge in [-0.1, -0.05) is 23.7 Å². The number of aryl methyl sites for hydroxylation is 1. The predicted molar refractivity (Wildman–Crippen MR) is 105 cm³/mol. The Bertz CT molecular complexity index is 944. The van der Waals surface area contributed by atoms with E-state index >= 15 is 0 Å². The number of nitrogens with zero attached hydrogens (tertiary/aromatic N) is 1. The van der Waals surface area contributed by atoms with Gasteiger partial charge in [0.25, 0.3) is 5.91 Å². The van der Waals surface area contributed by atoms with Crippen LogP contribution < -0.4 is 15.4 Å². The Labute approximate surface area is 157 Å². The molecule has 1 heterocycles. The lowest BCUT2D eigenvalue weighted by Gasteiger charge is -2.11. The topological polar surface area (TPSA) is 63.2 Å². The maximum absolute atomic E-state index is 12.6. The molecule has 0 radical (unpaired) electrons. The SMILES string of the molecule is COc1ccc(Cl)cc1NC(=O)c1cc(Nc2cccc(C)c2)ccn1. The first-order valence-electron chi connectivity index (χ1n) is 8.00. The van der Waals surface area contributed by atoms with Crippen LogP contribution in [0.2, 0.25) is 5.02 Å². The number of carbonyl (C=O) groups excluding carboxylic acids is 1. The molecule has 0 saturated carbocycles. The van der Waals surface area contributed by atoms with E-state index in [9.17, 15) is 4.79 Å². The van der Waals surface area contributed by atoms with E-state index in [1.54, 1.807) is 36.5 Å². The molecule has 1 amide bonds. The molecule has 0 aliphatic rings. The number of halogens is 1. The summed E-state index contributed by atoms with van der Waals surface area (Å²) in [5.41, 5.74) is 3.64. The van der Waals surface area contributed by atoms with Crippen LogP contribution in [0.5, 0.6) is 5.75 Å². The molecular weight excluding hydrogens is 350 g/mol. The normalized spacial score (nSPS) is 10.3. The van der Waals surface area contributed by atoms with Crippen molar-refractivity contribution in [3.63, 3.8) is 0 Å². The number of hydrogen-bond donors (Lipinski definition) is 2. The molecule has 26 heavy (non-hydrogen) atoms. The third-order valence-corrected chi connectivity index (χ3v) is 3.94. The Kier molecular flexibility index (Phi) is 5.39. The van der Waals surface area contributed by atoms with Crippen molar-refractivity contribution >= 4 is 34.6 Å². The second-order valence-corrected chi connectivity index (χ2v) is 6.16. The minimum Gasteiger partial charge on any atom is -0.495 e. The minimum atomic E-state index is -0.349. The van der Waals surface area contributed by atoms with E-state index in [1.807, 2.05) is 31.2 Å². The van der Waals surface area contributed by atoms with E-state index < -0.39 is 0 Å². The fourth-order valence-electron chi connectivity index (χ4n) is 2.49. The zero-order valence-electron chi connectivity index (χ0n) is 14.4. The Hall–Kier alpha value is -3.05. The number of nitrogens with one attached hydrogen (secondary N) is 2. The first-order valence-corrected chi connectivity index (χ1v) is 8.37. The van der Waals surface area contributed by atoms with Gasteiger partial charge in [-0.2, -0.15) is 0 Å². The Morgan fingerprint density at radius 3 is 2.65 bits per heavy atom. The summed E-state index contributed by atoms with van der Waals surface area (Å²) in [5.74, 6) is 0.176. The maximum Gasteiger partial charge on any atom is 0.274 e. The van der Waals surface area contributed by atoms with E-state index in [-0.39, 0.29) is 11.6 Å². The number of pyridine rings is 1. The Morgan fingerprint density at radius 2 is 1.88 bits per heavy atom. The minimum absolute atomic E-state index is 0.282. The molecule has 0 unspecified atom stereocenters. The summed E-state index contributed by atoms with van der Waals surface area (Å²) in [6.45, 7) is 2.02. The highest BCUT2D eigenvalue weighted by molar-refractivity contribution is 6.31. The molecule has 0 fully saturated rings. The van der Waals surface area contributed by atoms with Gasteiger partial charge in [-0.05, 0) is 55.0 Å². The van der Waals surface area contributed by atoms with E-state index in [1.165, 1.54) is 7.11 Å². The highest BCUT2D eigenvalue weighted by atomic mass is 35.5. The van der Waals surface area contributed by atoms with Crippen molar-refractivity contribution in [3.8, 4) is 5.75 Å². The van der Waals surface area contributed by atoms with Gasteiger partial charge in [0.15, 0.2) is 0 Å². The number of benzene rings is 2. The molecule has 0 saturated heterocycles. The number of aromatic nitrogens is 1. The third-order valence-electron chi connectivity index (χ3n) is 3.71. The lowest BCUT2D eigenvalue weighted by atomic mass is 10.2. The highest BCUT2D eigenvalue weighted by Gasteiger charge is 2.12. The molecule has 1 aromatic heterocycles. The number of ether oxygens (including phenoxy) is 1. The van der Waals surface area contributed by atoms with Gasteiger partial charge in [0.1, 0.15) is 11.4 Å². The molecular formula is C20H18ClN3O2. The Morgan fingerprint density at radius 1 is 1.08 bits per heavy atom. The zero-order chi connectivity index (χ0) is 18.5. The first-order chi connectivity index (χ1) is 12.5. The summed E-state index contributed by atoms with van der Waals surface area (Å²) >= 11 is 6.00. The van der Waals surface area contributed by atoms with E-state index in [0.717, 1.165) is 16.9 Å². The standard InChI is InChI=1S/C20H18ClN3O2/c1-13-4-3-5-15(10-13)23-16-8-9-22-18(12-16)20(25)24-17-11-14(21)6-7-19(17)26-2/h3-12H,1-2H3,(H,22,23)(H,24,25). The quantitative estimate of drug-likeness (QED) is 0.662. The van der Waals surface area contributed by atoms with Crippen molar-refractivity contribution in [1.29, 1.82) is 0 Å². The van der Waals surface area contributed by atoms with Crippen LogP contribution in [-0.4, -0.2) is 18.0 Å². The molecule has 0 atom stereocenters. The van der Waals surface area contributed by atoms with Gasteiger partial charge in [0, 0.05) is 22.6 Å². The van der Waals surface area contributed by atoms with Crippen molar-refractivity contribution in [2.45, 2.75) is 6.92 Å². The largest absolute Gasteiger partial charge is 0.495 e. The van der Waals surface area contributed by atoms with Crippen LogP contribution in [0, 0.1) is 6.92 Å².